The Bertz CT molecular complexity index is 880. The van der Waals surface area contributed by atoms with Crippen LogP contribution in [0.4, 0.5) is 8.78 Å². The van der Waals surface area contributed by atoms with E-state index < -0.39 is 36.9 Å². The van der Waals surface area contributed by atoms with Crippen LogP contribution in [0, 0.1) is 0 Å². The molecule has 3 rings (SSSR count). The molecular weight excluding hydrogens is 400 g/mol. The van der Waals surface area contributed by atoms with E-state index in [0.29, 0.717) is 17.4 Å². The Morgan fingerprint density at radius 1 is 1.43 bits per heavy atom. The highest BCUT2D eigenvalue weighted by atomic mass is 19.3. The molecule has 1 unspecified atom stereocenters. The predicted molar refractivity (Wildman–Crippen MR) is 103 cm³/mol. The van der Waals surface area contributed by atoms with Gasteiger partial charge in [-0.25, -0.2) is 18.6 Å². The number of rotatable bonds is 8. The van der Waals surface area contributed by atoms with Crippen LogP contribution in [-0.4, -0.2) is 75.5 Å². The third-order valence-corrected chi connectivity index (χ3v) is 5.12. The molecule has 2 aliphatic rings. The highest BCUT2D eigenvalue weighted by Gasteiger charge is 2.45. The Labute approximate surface area is 172 Å². The molecule has 9 nitrogen and oxygen atoms in total. The fourth-order valence-corrected chi connectivity index (χ4v) is 3.70. The second-order valence-electron chi connectivity index (χ2n) is 7.38. The van der Waals surface area contributed by atoms with Crippen molar-refractivity contribution in [3.05, 3.63) is 29.5 Å². The number of aliphatic carboxylic acids is 1. The average Bonchev–Trinajstić information content (AvgIpc) is 3.22. The number of carboxylic acids is 1. The maximum Gasteiger partial charge on any atom is 0.337 e. The topological polar surface area (TPSA) is 109 Å². The van der Waals surface area contributed by atoms with Gasteiger partial charge in [0.05, 0.1) is 25.3 Å². The minimum Gasteiger partial charge on any atom is -0.481 e. The zero-order chi connectivity index (χ0) is 21.9. The molecule has 164 valence electrons. The average molecular weight is 425 g/mol. The Hall–Kier alpha value is -2.82. The quantitative estimate of drug-likeness (QED) is 0.602. The predicted octanol–water partition coefficient (Wildman–Crippen LogP) is 1.16. The van der Waals surface area contributed by atoms with Gasteiger partial charge in [-0.05, 0) is 13.3 Å². The largest absolute Gasteiger partial charge is 0.481 e. The first-order chi connectivity index (χ1) is 14.2. The van der Waals surface area contributed by atoms with Gasteiger partial charge in [0.1, 0.15) is 0 Å². The van der Waals surface area contributed by atoms with Gasteiger partial charge < -0.3 is 19.7 Å². The zero-order valence-corrected chi connectivity index (χ0v) is 16.9. The molecule has 3 heterocycles. The van der Waals surface area contributed by atoms with Gasteiger partial charge in [0.15, 0.2) is 11.7 Å². The number of likely N-dealkylation sites (tertiary alicyclic amines) is 1. The normalized spacial score (nSPS) is 21.3. The van der Waals surface area contributed by atoms with Gasteiger partial charge in [-0.3, -0.25) is 14.7 Å². The van der Waals surface area contributed by atoms with Crippen LogP contribution in [0.3, 0.4) is 0 Å². The number of esters is 1. The Kier molecular flexibility index (Phi) is 6.49. The maximum atomic E-state index is 14.1. The van der Waals surface area contributed by atoms with E-state index in [9.17, 15) is 18.4 Å². The number of amidine groups is 1. The number of hydrogen-bond donors (Lipinski definition) is 2. The molecular formula is C19H25F2N5O4. The first-order valence-electron chi connectivity index (χ1n) is 9.72. The van der Waals surface area contributed by atoms with Crippen LogP contribution in [-0.2, 0) is 21.4 Å². The number of halogens is 2. The Morgan fingerprint density at radius 2 is 2.20 bits per heavy atom. The van der Waals surface area contributed by atoms with Crippen molar-refractivity contribution in [3.8, 4) is 0 Å². The van der Waals surface area contributed by atoms with E-state index in [1.807, 2.05) is 0 Å². The number of nitrogens with one attached hydrogen (secondary N) is 1. The van der Waals surface area contributed by atoms with Gasteiger partial charge in [-0.1, -0.05) is 0 Å². The number of aliphatic imine (C=N–C) groups is 1. The van der Waals surface area contributed by atoms with Crippen LogP contribution in [0.1, 0.15) is 32.0 Å². The van der Waals surface area contributed by atoms with Crippen molar-refractivity contribution in [2.45, 2.75) is 38.2 Å². The Balaban J connectivity index is 1.84. The summed E-state index contributed by atoms with van der Waals surface area (Å²) >= 11 is 0. The van der Waals surface area contributed by atoms with Crippen LogP contribution in [0.2, 0.25) is 0 Å². The number of ether oxygens (including phenoxy) is 1. The number of hydrogen-bond acceptors (Lipinski definition) is 7. The lowest BCUT2D eigenvalue weighted by molar-refractivity contribution is -0.139. The zero-order valence-electron chi connectivity index (χ0n) is 16.9. The van der Waals surface area contributed by atoms with Crippen molar-refractivity contribution in [1.29, 1.82) is 0 Å². The lowest BCUT2D eigenvalue weighted by Crippen LogP contribution is -2.41. The second-order valence-corrected chi connectivity index (χ2v) is 7.38. The van der Waals surface area contributed by atoms with Gasteiger partial charge >= 0.3 is 11.9 Å². The van der Waals surface area contributed by atoms with Crippen molar-refractivity contribution >= 4 is 17.8 Å². The van der Waals surface area contributed by atoms with E-state index in [1.54, 1.807) is 30.9 Å². The van der Waals surface area contributed by atoms with Crippen LogP contribution in [0.5, 0.6) is 0 Å². The molecule has 0 aromatic carbocycles. The minimum absolute atomic E-state index is 0.0253. The van der Waals surface area contributed by atoms with E-state index in [4.69, 9.17) is 9.84 Å². The summed E-state index contributed by atoms with van der Waals surface area (Å²) in [6, 6.07) is -0.607. The van der Waals surface area contributed by atoms with Gasteiger partial charge in [-0.15, -0.1) is 0 Å². The molecule has 0 amide bonds. The van der Waals surface area contributed by atoms with E-state index in [-0.39, 0.29) is 38.1 Å². The fourth-order valence-electron chi connectivity index (χ4n) is 3.70. The lowest BCUT2D eigenvalue weighted by Gasteiger charge is -2.28. The third kappa shape index (κ3) is 5.02. The summed E-state index contributed by atoms with van der Waals surface area (Å²) in [5.74, 6) is -3.53. The number of imidazole rings is 1. The molecule has 1 aromatic rings. The van der Waals surface area contributed by atoms with Crippen molar-refractivity contribution < 1.29 is 28.2 Å². The molecule has 1 saturated heterocycles. The monoisotopic (exact) mass is 425 g/mol. The number of carboxylic acid groups (broad SMARTS) is 1. The lowest BCUT2D eigenvalue weighted by atomic mass is 10.1. The van der Waals surface area contributed by atoms with Crippen LogP contribution in [0.25, 0.3) is 0 Å². The number of aromatic nitrogens is 2. The summed E-state index contributed by atoms with van der Waals surface area (Å²) in [6.07, 6.45) is 2.84. The molecule has 30 heavy (non-hydrogen) atoms. The van der Waals surface area contributed by atoms with E-state index >= 15 is 0 Å². The van der Waals surface area contributed by atoms with E-state index in [2.05, 4.69) is 15.3 Å². The highest BCUT2D eigenvalue weighted by molar-refractivity contribution is 6.01. The summed E-state index contributed by atoms with van der Waals surface area (Å²) < 4.78 is 35.0. The molecule has 1 fully saturated rings. The number of aryl methyl sites for hydroxylation is 1. The standard InChI is InChI=1S/C19H25F2N5O4/c1-3-30-18(29)13-9-23-16(17-22-6-7-25(17)2)24-14(13)10-26-11-19(20,21)8-12(26)4-5-15(27)28/h6-7,12H,3-5,8-11H2,1-2H3,(H,23,24)(H,27,28). The number of carbonyl (C=O) groups is 2. The maximum absolute atomic E-state index is 14.1. The molecule has 2 aliphatic heterocycles. The fraction of sp³-hybridized carbons (Fsp3) is 0.579. The van der Waals surface area contributed by atoms with Gasteiger partial charge in [-0.2, -0.15) is 0 Å². The van der Waals surface area contributed by atoms with E-state index in [0.717, 1.165) is 0 Å². The first kappa shape index (κ1) is 21.9. The first-order valence-corrected chi connectivity index (χ1v) is 9.72. The highest BCUT2D eigenvalue weighted by Crippen LogP contribution is 2.34. The minimum atomic E-state index is -2.92. The molecule has 0 radical (unpaired) electrons. The molecule has 0 aliphatic carbocycles. The van der Waals surface area contributed by atoms with Crippen LogP contribution in [0.15, 0.2) is 28.7 Å². The van der Waals surface area contributed by atoms with Crippen LogP contribution < -0.4 is 5.32 Å². The second kappa shape index (κ2) is 8.90. The van der Waals surface area contributed by atoms with Crippen molar-refractivity contribution in [3.63, 3.8) is 0 Å². The SMILES string of the molecule is CCOC(=O)C1=C(CN2CC(F)(F)CC2CCC(=O)O)NC(c2nccn2C)=NC1. The summed E-state index contributed by atoms with van der Waals surface area (Å²) in [6.45, 7) is 1.41. The smallest absolute Gasteiger partial charge is 0.337 e. The molecule has 0 bridgehead atoms. The number of nitrogens with zero attached hydrogens (tertiary/aromatic N) is 4. The third-order valence-electron chi connectivity index (χ3n) is 5.12. The molecule has 1 atom stereocenters. The molecule has 0 saturated carbocycles. The molecule has 1 aromatic heterocycles. The van der Waals surface area contributed by atoms with Crippen LogP contribution >= 0.6 is 0 Å². The molecule has 11 heteroatoms. The van der Waals surface area contributed by atoms with Gasteiger partial charge in [0, 0.05) is 50.6 Å². The van der Waals surface area contributed by atoms with E-state index in [1.165, 1.54) is 4.90 Å². The molecule has 2 N–H and O–H groups in total. The van der Waals surface area contributed by atoms with Crippen molar-refractivity contribution in [2.24, 2.45) is 12.0 Å². The summed E-state index contributed by atoms with van der Waals surface area (Å²) in [5.41, 5.74) is 0.682. The van der Waals surface area contributed by atoms with Gasteiger partial charge in [0.25, 0.3) is 5.92 Å². The molecule has 0 spiro atoms. The van der Waals surface area contributed by atoms with Gasteiger partial charge in [0.2, 0.25) is 0 Å². The van der Waals surface area contributed by atoms with Crippen molar-refractivity contribution in [1.82, 2.24) is 19.8 Å². The number of alkyl halides is 2. The number of carbonyl (C=O) groups excluding carboxylic acids is 1. The summed E-state index contributed by atoms with van der Waals surface area (Å²) in [7, 11) is 1.79. The van der Waals surface area contributed by atoms with Crippen molar-refractivity contribution in [2.75, 3.05) is 26.2 Å². The Morgan fingerprint density at radius 3 is 2.83 bits per heavy atom. The summed E-state index contributed by atoms with van der Waals surface area (Å²) in [4.78, 5) is 33.5. The summed E-state index contributed by atoms with van der Waals surface area (Å²) in [5, 5.41) is 12.0.